The van der Waals surface area contributed by atoms with E-state index in [2.05, 4.69) is 5.48 Å². The average Bonchev–Trinajstić information content (AvgIpc) is 2.01. The van der Waals surface area contributed by atoms with Gasteiger partial charge >= 0.3 is 0 Å². The maximum absolute atomic E-state index is 5.16. The number of hydroxylamine groups is 1. The number of nitrogens with one attached hydrogen (secondary N) is 1. The summed E-state index contributed by atoms with van der Waals surface area (Å²) in [7, 11) is 0. The summed E-state index contributed by atoms with van der Waals surface area (Å²) in [6, 6.07) is 0. The average molecular weight is 143 g/mol. The van der Waals surface area contributed by atoms with Crippen LogP contribution >= 0.6 is 0 Å². The Kier molecular flexibility index (Phi) is 4.56. The summed E-state index contributed by atoms with van der Waals surface area (Å²) in [6.07, 6.45) is 7.97. The predicted molar refractivity (Wildman–Crippen MR) is 41.7 cm³/mol. The van der Waals surface area contributed by atoms with E-state index in [1.54, 1.807) is 0 Å². The minimum atomic E-state index is 0.889. The summed E-state index contributed by atoms with van der Waals surface area (Å²) in [4.78, 5) is 5.16. The van der Waals surface area contributed by atoms with Crippen LogP contribution < -0.4 is 5.48 Å². The molecule has 1 rings (SSSR count). The molecule has 60 valence electrons. The van der Waals surface area contributed by atoms with Crippen molar-refractivity contribution in [2.24, 2.45) is 0 Å². The van der Waals surface area contributed by atoms with Crippen molar-refractivity contribution < 1.29 is 4.84 Å². The Bertz CT molecular complexity index is 42.4. The van der Waals surface area contributed by atoms with Crippen molar-refractivity contribution >= 4 is 0 Å². The largest absolute Gasteiger partial charge is 0.302 e. The summed E-state index contributed by atoms with van der Waals surface area (Å²) in [6.45, 7) is 1.92. The van der Waals surface area contributed by atoms with Crippen molar-refractivity contribution in [1.29, 1.82) is 0 Å². The third-order valence-electron chi connectivity index (χ3n) is 1.88. The fraction of sp³-hybridized carbons (Fsp3) is 1.00. The molecule has 0 aliphatic carbocycles. The highest BCUT2D eigenvalue weighted by molar-refractivity contribution is 4.47. The van der Waals surface area contributed by atoms with Crippen molar-refractivity contribution in [2.75, 3.05) is 13.2 Å². The molecule has 0 aromatic carbocycles. The van der Waals surface area contributed by atoms with Gasteiger partial charge in [-0.25, -0.2) is 5.48 Å². The molecule has 1 fully saturated rings. The fourth-order valence-corrected chi connectivity index (χ4v) is 1.22. The molecule has 1 aliphatic heterocycles. The van der Waals surface area contributed by atoms with Gasteiger partial charge in [-0.05, 0) is 12.8 Å². The van der Waals surface area contributed by atoms with E-state index in [0.717, 1.165) is 13.2 Å². The van der Waals surface area contributed by atoms with Crippen molar-refractivity contribution in [3.63, 3.8) is 0 Å². The molecule has 0 aromatic heterocycles. The summed E-state index contributed by atoms with van der Waals surface area (Å²) in [5.41, 5.74) is 2.96. The second-order valence-electron chi connectivity index (χ2n) is 2.86. The van der Waals surface area contributed by atoms with Crippen LogP contribution in [-0.4, -0.2) is 13.2 Å². The lowest BCUT2D eigenvalue weighted by Crippen LogP contribution is -2.17. The SMILES string of the molecule is C1CCCCONCCC1. The molecular weight excluding hydrogens is 126 g/mol. The Morgan fingerprint density at radius 3 is 2.40 bits per heavy atom. The highest BCUT2D eigenvalue weighted by Crippen LogP contribution is 2.05. The molecule has 0 bridgehead atoms. The number of hydrogen-bond acceptors (Lipinski definition) is 2. The first-order valence-electron chi connectivity index (χ1n) is 4.35. The Morgan fingerprint density at radius 1 is 0.800 bits per heavy atom. The lowest BCUT2D eigenvalue weighted by molar-refractivity contribution is 0.0358. The topological polar surface area (TPSA) is 21.3 Å². The van der Waals surface area contributed by atoms with E-state index in [1.165, 1.54) is 38.5 Å². The maximum atomic E-state index is 5.16. The molecule has 2 heteroatoms. The summed E-state index contributed by atoms with van der Waals surface area (Å²) in [5.74, 6) is 0. The van der Waals surface area contributed by atoms with Crippen LogP contribution in [0.5, 0.6) is 0 Å². The molecule has 0 radical (unpaired) electrons. The van der Waals surface area contributed by atoms with Crippen LogP contribution in [0.3, 0.4) is 0 Å². The number of hydrogen-bond donors (Lipinski definition) is 1. The molecule has 1 aliphatic rings. The van der Waals surface area contributed by atoms with Gasteiger partial charge in [0.25, 0.3) is 0 Å². The van der Waals surface area contributed by atoms with E-state index in [0.29, 0.717) is 0 Å². The molecule has 0 amide bonds. The van der Waals surface area contributed by atoms with E-state index in [1.807, 2.05) is 0 Å². The third kappa shape index (κ3) is 3.85. The molecular formula is C8H17NO. The van der Waals surface area contributed by atoms with E-state index in [4.69, 9.17) is 4.84 Å². The first-order chi connectivity index (χ1) is 5.00. The van der Waals surface area contributed by atoms with Crippen molar-refractivity contribution in [3.05, 3.63) is 0 Å². The molecule has 1 saturated heterocycles. The van der Waals surface area contributed by atoms with Crippen LogP contribution in [0.2, 0.25) is 0 Å². The van der Waals surface area contributed by atoms with Crippen LogP contribution in [-0.2, 0) is 4.84 Å². The fourth-order valence-electron chi connectivity index (χ4n) is 1.22. The number of rotatable bonds is 0. The van der Waals surface area contributed by atoms with Crippen LogP contribution in [0, 0.1) is 0 Å². The van der Waals surface area contributed by atoms with Crippen LogP contribution in [0.25, 0.3) is 0 Å². The lowest BCUT2D eigenvalue weighted by atomic mass is 10.1. The zero-order valence-corrected chi connectivity index (χ0v) is 6.57. The van der Waals surface area contributed by atoms with Gasteiger partial charge in [-0.3, -0.25) is 0 Å². The van der Waals surface area contributed by atoms with Crippen LogP contribution in [0.1, 0.15) is 38.5 Å². The van der Waals surface area contributed by atoms with Gasteiger partial charge in [0.2, 0.25) is 0 Å². The Hall–Kier alpha value is -0.0800. The van der Waals surface area contributed by atoms with Gasteiger partial charge in [0, 0.05) is 6.54 Å². The van der Waals surface area contributed by atoms with E-state index in [9.17, 15) is 0 Å². The van der Waals surface area contributed by atoms with Gasteiger partial charge in [-0.15, -0.1) is 0 Å². The normalized spacial score (nSPS) is 24.0. The van der Waals surface area contributed by atoms with Gasteiger partial charge < -0.3 is 4.84 Å². The monoisotopic (exact) mass is 143 g/mol. The second kappa shape index (κ2) is 5.69. The molecule has 0 spiro atoms. The van der Waals surface area contributed by atoms with E-state index < -0.39 is 0 Å². The molecule has 1 heterocycles. The van der Waals surface area contributed by atoms with E-state index >= 15 is 0 Å². The van der Waals surface area contributed by atoms with Crippen molar-refractivity contribution in [1.82, 2.24) is 5.48 Å². The Labute approximate surface area is 62.9 Å². The maximum Gasteiger partial charge on any atom is 0.0682 e. The zero-order valence-electron chi connectivity index (χ0n) is 6.57. The second-order valence-corrected chi connectivity index (χ2v) is 2.86. The van der Waals surface area contributed by atoms with Crippen molar-refractivity contribution in [2.45, 2.75) is 38.5 Å². The van der Waals surface area contributed by atoms with Crippen LogP contribution in [0.15, 0.2) is 0 Å². The third-order valence-corrected chi connectivity index (χ3v) is 1.88. The van der Waals surface area contributed by atoms with Gasteiger partial charge in [0.1, 0.15) is 0 Å². The van der Waals surface area contributed by atoms with Gasteiger partial charge in [-0.2, -0.15) is 0 Å². The summed E-state index contributed by atoms with van der Waals surface area (Å²) >= 11 is 0. The minimum absolute atomic E-state index is 0.889. The lowest BCUT2D eigenvalue weighted by Gasteiger charge is -2.08. The highest BCUT2D eigenvalue weighted by atomic mass is 16.6. The molecule has 1 N–H and O–H groups in total. The van der Waals surface area contributed by atoms with Gasteiger partial charge in [-0.1, -0.05) is 25.7 Å². The molecule has 2 nitrogen and oxygen atoms in total. The standard InChI is InChI=1S/C8H17NO/c1-2-4-6-8-10-9-7-5-3-1/h9H,1-8H2. The predicted octanol–water partition coefficient (Wildman–Crippen LogP) is 1.86. The quantitative estimate of drug-likeness (QED) is 0.559. The zero-order chi connectivity index (χ0) is 7.07. The molecule has 0 saturated carbocycles. The molecule has 0 aromatic rings. The molecule has 0 atom stereocenters. The first kappa shape index (κ1) is 8.02. The Morgan fingerprint density at radius 2 is 1.50 bits per heavy atom. The summed E-state index contributed by atoms with van der Waals surface area (Å²) < 4.78 is 0. The smallest absolute Gasteiger partial charge is 0.0682 e. The van der Waals surface area contributed by atoms with Gasteiger partial charge in [0.15, 0.2) is 0 Å². The van der Waals surface area contributed by atoms with Crippen molar-refractivity contribution in [3.8, 4) is 0 Å². The van der Waals surface area contributed by atoms with Gasteiger partial charge in [0.05, 0.1) is 6.61 Å². The van der Waals surface area contributed by atoms with Crippen LogP contribution in [0.4, 0.5) is 0 Å². The Balaban J connectivity index is 2.00. The molecule has 0 unspecified atom stereocenters. The first-order valence-corrected chi connectivity index (χ1v) is 4.35. The highest BCUT2D eigenvalue weighted by Gasteiger charge is 1.94. The molecule has 10 heavy (non-hydrogen) atoms. The minimum Gasteiger partial charge on any atom is -0.302 e. The van der Waals surface area contributed by atoms with E-state index in [-0.39, 0.29) is 0 Å². The summed E-state index contributed by atoms with van der Waals surface area (Å²) in [5, 5.41) is 0.